The van der Waals surface area contributed by atoms with Gasteiger partial charge in [-0.15, -0.1) is 0 Å². The van der Waals surface area contributed by atoms with Gasteiger partial charge in [0.05, 0.1) is 5.69 Å². The van der Waals surface area contributed by atoms with Crippen LogP contribution in [-0.4, -0.2) is 33.0 Å². The molecule has 0 aromatic carbocycles. The second-order valence-corrected chi connectivity index (χ2v) is 4.94. The fraction of sp³-hybridized carbons (Fsp3) is 0.312. The number of nitrogens with zero attached hydrogens (tertiary/aromatic N) is 3. The smallest absolute Gasteiger partial charge is 0.354 e. The third kappa shape index (κ3) is 3.86. The molecule has 0 aliphatic carbocycles. The van der Waals surface area contributed by atoms with E-state index in [0.29, 0.717) is 6.54 Å². The minimum Gasteiger partial charge on any atom is -0.477 e. The summed E-state index contributed by atoms with van der Waals surface area (Å²) in [6.45, 7) is 2.71. The first-order chi connectivity index (χ1) is 10.1. The molecule has 21 heavy (non-hydrogen) atoms. The van der Waals surface area contributed by atoms with Crippen LogP contribution in [0.4, 0.5) is 0 Å². The summed E-state index contributed by atoms with van der Waals surface area (Å²) in [7, 11) is 2.01. The van der Waals surface area contributed by atoms with E-state index < -0.39 is 5.97 Å². The first-order valence-corrected chi connectivity index (χ1v) is 6.91. The van der Waals surface area contributed by atoms with E-state index >= 15 is 0 Å². The van der Waals surface area contributed by atoms with Crippen molar-refractivity contribution in [3.8, 4) is 0 Å². The maximum absolute atomic E-state index is 11.0. The summed E-state index contributed by atoms with van der Waals surface area (Å²) in [5, 5.41) is 8.99. The predicted molar refractivity (Wildman–Crippen MR) is 79.9 cm³/mol. The van der Waals surface area contributed by atoms with Crippen molar-refractivity contribution in [3.63, 3.8) is 0 Å². The van der Waals surface area contributed by atoms with Gasteiger partial charge in [-0.2, -0.15) is 0 Å². The van der Waals surface area contributed by atoms with E-state index in [9.17, 15) is 4.79 Å². The van der Waals surface area contributed by atoms with Crippen molar-refractivity contribution >= 4 is 5.97 Å². The first kappa shape index (κ1) is 15.1. The van der Waals surface area contributed by atoms with Crippen LogP contribution >= 0.6 is 0 Å². The molecule has 5 nitrogen and oxygen atoms in total. The fourth-order valence-corrected chi connectivity index (χ4v) is 2.43. The lowest BCUT2D eigenvalue weighted by Crippen LogP contribution is -2.24. The highest BCUT2D eigenvalue weighted by Gasteiger charge is 2.16. The number of carboxylic acid groups (broad SMARTS) is 1. The van der Waals surface area contributed by atoms with Gasteiger partial charge in [0.1, 0.15) is 5.69 Å². The molecule has 110 valence electrons. The third-order valence-electron chi connectivity index (χ3n) is 3.43. The topological polar surface area (TPSA) is 66.3 Å². The Hall–Kier alpha value is -2.27. The summed E-state index contributed by atoms with van der Waals surface area (Å²) >= 11 is 0. The van der Waals surface area contributed by atoms with Gasteiger partial charge in [-0.3, -0.25) is 9.88 Å². The average molecular weight is 285 g/mol. The summed E-state index contributed by atoms with van der Waals surface area (Å²) in [4.78, 5) is 21.4. The molecule has 5 heteroatoms. The number of hydrogen-bond acceptors (Lipinski definition) is 4. The van der Waals surface area contributed by atoms with Crippen LogP contribution in [0.2, 0.25) is 0 Å². The maximum atomic E-state index is 11.0. The van der Waals surface area contributed by atoms with Crippen molar-refractivity contribution in [1.82, 2.24) is 14.9 Å². The van der Waals surface area contributed by atoms with Gasteiger partial charge in [-0.05, 0) is 37.2 Å². The molecular weight excluding hydrogens is 266 g/mol. The highest BCUT2D eigenvalue weighted by molar-refractivity contribution is 5.85. The maximum Gasteiger partial charge on any atom is 0.354 e. The van der Waals surface area contributed by atoms with E-state index in [1.165, 1.54) is 6.07 Å². The number of aromatic carboxylic acids is 1. The van der Waals surface area contributed by atoms with Crippen molar-refractivity contribution in [1.29, 1.82) is 0 Å². The Labute approximate surface area is 124 Å². The van der Waals surface area contributed by atoms with Crippen LogP contribution in [0, 0.1) is 0 Å². The Morgan fingerprint density at radius 2 is 2.14 bits per heavy atom. The van der Waals surface area contributed by atoms with Crippen molar-refractivity contribution in [2.75, 3.05) is 7.05 Å². The van der Waals surface area contributed by atoms with Crippen molar-refractivity contribution in [2.45, 2.75) is 25.9 Å². The molecule has 2 aromatic heterocycles. The molecule has 1 unspecified atom stereocenters. The van der Waals surface area contributed by atoms with Gasteiger partial charge in [-0.1, -0.05) is 19.1 Å². The Balaban J connectivity index is 2.14. The highest BCUT2D eigenvalue weighted by Crippen LogP contribution is 2.23. The summed E-state index contributed by atoms with van der Waals surface area (Å²) in [6, 6.07) is 9.29. The molecule has 1 N–H and O–H groups in total. The standard InChI is InChI=1S/C16H19N3O2/c1-3-15(12-6-5-9-17-10-12)19(2)11-13-7-4-8-14(18-13)16(20)21/h4-10,15H,3,11H2,1-2H3,(H,20,21). The summed E-state index contributed by atoms with van der Waals surface area (Å²) in [6.07, 6.45) is 4.57. The van der Waals surface area contributed by atoms with E-state index in [0.717, 1.165) is 17.7 Å². The van der Waals surface area contributed by atoms with Crippen molar-refractivity contribution < 1.29 is 9.90 Å². The van der Waals surface area contributed by atoms with Gasteiger partial charge < -0.3 is 5.11 Å². The van der Waals surface area contributed by atoms with Gasteiger partial charge in [0.15, 0.2) is 0 Å². The lowest BCUT2D eigenvalue weighted by Gasteiger charge is -2.27. The predicted octanol–water partition coefficient (Wildman–Crippen LogP) is 2.76. The van der Waals surface area contributed by atoms with Crippen molar-refractivity contribution in [3.05, 3.63) is 59.7 Å². The minimum atomic E-state index is -1.00. The zero-order valence-corrected chi connectivity index (χ0v) is 12.2. The van der Waals surface area contributed by atoms with Crippen LogP contribution < -0.4 is 0 Å². The molecule has 0 fully saturated rings. The number of aromatic nitrogens is 2. The Morgan fingerprint density at radius 3 is 2.76 bits per heavy atom. The number of rotatable bonds is 6. The molecule has 2 aromatic rings. The van der Waals surface area contributed by atoms with E-state index in [-0.39, 0.29) is 11.7 Å². The second kappa shape index (κ2) is 6.95. The van der Waals surface area contributed by atoms with Gasteiger partial charge in [0, 0.05) is 25.0 Å². The number of pyridine rings is 2. The lowest BCUT2D eigenvalue weighted by molar-refractivity contribution is 0.0690. The molecule has 0 aliphatic heterocycles. The van der Waals surface area contributed by atoms with E-state index in [2.05, 4.69) is 27.9 Å². The van der Waals surface area contributed by atoms with Crippen LogP contribution in [0.25, 0.3) is 0 Å². The number of carbonyl (C=O) groups is 1. The zero-order chi connectivity index (χ0) is 15.2. The molecular formula is C16H19N3O2. The molecule has 1 atom stereocenters. The molecule has 0 saturated heterocycles. The van der Waals surface area contributed by atoms with Gasteiger partial charge in [0.2, 0.25) is 0 Å². The molecule has 0 aliphatic rings. The molecule has 0 radical (unpaired) electrons. The van der Waals surface area contributed by atoms with Gasteiger partial charge in [-0.25, -0.2) is 9.78 Å². The molecule has 0 amide bonds. The molecule has 2 heterocycles. The van der Waals surface area contributed by atoms with E-state index in [1.807, 2.05) is 25.4 Å². The van der Waals surface area contributed by atoms with Crippen LogP contribution in [0.1, 0.15) is 41.1 Å². The molecule has 0 bridgehead atoms. The Morgan fingerprint density at radius 1 is 1.33 bits per heavy atom. The third-order valence-corrected chi connectivity index (χ3v) is 3.43. The Kier molecular flexibility index (Phi) is 5.00. The van der Waals surface area contributed by atoms with E-state index in [4.69, 9.17) is 5.11 Å². The number of carboxylic acids is 1. The molecule has 0 saturated carbocycles. The van der Waals surface area contributed by atoms with Crippen LogP contribution in [0.15, 0.2) is 42.7 Å². The first-order valence-electron chi connectivity index (χ1n) is 6.91. The largest absolute Gasteiger partial charge is 0.477 e. The number of hydrogen-bond donors (Lipinski definition) is 1. The fourth-order valence-electron chi connectivity index (χ4n) is 2.43. The van der Waals surface area contributed by atoms with Crippen LogP contribution in [0.5, 0.6) is 0 Å². The second-order valence-electron chi connectivity index (χ2n) is 4.94. The SMILES string of the molecule is CCC(c1cccnc1)N(C)Cc1cccc(C(=O)O)n1. The van der Waals surface area contributed by atoms with Gasteiger partial charge >= 0.3 is 5.97 Å². The Bertz CT molecular complexity index is 601. The average Bonchev–Trinajstić information content (AvgIpc) is 2.49. The minimum absolute atomic E-state index is 0.0790. The monoisotopic (exact) mass is 285 g/mol. The summed E-state index contributed by atoms with van der Waals surface area (Å²) in [5.74, 6) is -1.00. The molecule has 2 rings (SSSR count). The van der Waals surface area contributed by atoms with E-state index in [1.54, 1.807) is 12.3 Å². The summed E-state index contributed by atoms with van der Waals surface area (Å²) in [5.41, 5.74) is 1.98. The highest BCUT2D eigenvalue weighted by atomic mass is 16.4. The van der Waals surface area contributed by atoms with Crippen LogP contribution in [-0.2, 0) is 6.54 Å². The molecule has 0 spiro atoms. The van der Waals surface area contributed by atoms with Gasteiger partial charge in [0.25, 0.3) is 0 Å². The van der Waals surface area contributed by atoms with Crippen LogP contribution in [0.3, 0.4) is 0 Å². The van der Waals surface area contributed by atoms with Crippen molar-refractivity contribution in [2.24, 2.45) is 0 Å². The zero-order valence-electron chi connectivity index (χ0n) is 12.2. The summed E-state index contributed by atoms with van der Waals surface area (Å²) < 4.78 is 0. The normalized spacial score (nSPS) is 12.3. The quantitative estimate of drug-likeness (QED) is 0.884. The lowest BCUT2D eigenvalue weighted by atomic mass is 10.1.